The van der Waals surface area contributed by atoms with Gasteiger partial charge in [0.2, 0.25) is 11.7 Å². The average molecular weight is 472 g/mol. The van der Waals surface area contributed by atoms with Crippen LogP contribution in [0, 0.1) is 0 Å². The summed E-state index contributed by atoms with van der Waals surface area (Å²) < 4.78 is 18.2. The number of hydrogen-bond donors (Lipinski definition) is 0. The van der Waals surface area contributed by atoms with Crippen LogP contribution < -0.4 is 4.74 Å². The first kappa shape index (κ1) is 24.0. The van der Waals surface area contributed by atoms with Crippen LogP contribution >= 0.6 is 0 Å². The van der Waals surface area contributed by atoms with Crippen LogP contribution in [0.15, 0.2) is 77.7 Å². The number of ether oxygens (including phenoxy) is 2. The quantitative estimate of drug-likeness (QED) is 0.191. The van der Waals surface area contributed by atoms with Crippen molar-refractivity contribution >= 4 is 18.1 Å². The summed E-state index contributed by atoms with van der Waals surface area (Å²) in [7, 11) is 0. The summed E-state index contributed by atoms with van der Waals surface area (Å²) in [4.78, 5) is 20.5. The van der Waals surface area contributed by atoms with Gasteiger partial charge in [-0.1, -0.05) is 42.5 Å². The van der Waals surface area contributed by atoms with Crippen LogP contribution in [-0.2, 0) is 24.3 Å². The fraction of sp³-hybridized carbons (Fsp3) is 0.250. The van der Waals surface area contributed by atoms with E-state index in [0.29, 0.717) is 24.9 Å². The highest BCUT2D eigenvalue weighted by Crippen LogP contribution is 2.17. The molecule has 4 rings (SSSR count). The van der Waals surface area contributed by atoms with Gasteiger partial charge in [0.05, 0.1) is 6.61 Å². The Morgan fingerprint density at radius 3 is 2.69 bits per heavy atom. The summed E-state index contributed by atoms with van der Waals surface area (Å²) in [6.07, 6.45) is 11.8. The molecular formula is C28H29N3O4. The monoisotopic (exact) mass is 471 g/mol. The van der Waals surface area contributed by atoms with E-state index in [1.54, 1.807) is 19.4 Å². The number of nitrogens with zero attached hydrogens (tertiary/aromatic N) is 3. The van der Waals surface area contributed by atoms with E-state index in [2.05, 4.69) is 22.1 Å². The van der Waals surface area contributed by atoms with Crippen molar-refractivity contribution in [3.8, 4) is 5.75 Å². The van der Waals surface area contributed by atoms with Crippen molar-refractivity contribution in [3.05, 3.63) is 102 Å². The minimum atomic E-state index is -0.376. The Labute approximate surface area is 205 Å². The SMILES string of the molecule is CCOC(=O)c1nccn1CCCCc1ccc(OCc2coc(C=Cc3ccccc3)n2)cc1. The highest BCUT2D eigenvalue weighted by atomic mass is 16.5. The molecule has 180 valence electrons. The molecule has 0 saturated heterocycles. The third-order valence-corrected chi connectivity index (χ3v) is 5.39. The van der Waals surface area contributed by atoms with Crippen LogP contribution in [0.5, 0.6) is 5.75 Å². The zero-order valence-corrected chi connectivity index (χ0v) is 19.8. The third-order valence-electron chi connectivity index (χ3n) is 5.39. The first-order valence-corrected chi connectivity index (χ1v) is 11.8. The second kappa shape index (κ2) is 12.4. The van der Waals surface area contributed by atoms with Crippen LogP contribution in [-0.4, -0.2) is 27.1 Å². The zero-order valence-electron chi connectivity index (χ0n) is 19.8. The van der Waals surface area contributed by atoms with Gasteiger partial charge in [0.1, 0.15) is 24.3 Å². The first-order chi connectivity index (χ1) is 17.2. The Bertz CT molecular complexity index is 1230. The van der Waals surface area contributed by atoms with Crippen molar-refractivity contribution in [1.82, 2.24) is 14.5 Å². The molecule has 0 amide bonds. The molecule has 2 aromatic carbocycles. The van der Waals surface area contributed by atoms with Crippen LogP contribution in [0.2, 0.25) is 0 Å². The lowest BCUT2D eigenvalue weighted by molar-refractivity contribution is 0.0506. The van der Waals surface area contributed by atoms with Crippen molar-refractivity contribution in [2.75, 3.05) is 6.61 Å². The van der Waals surface area contributed by atoms with Crippen molar-refractivity contribution in [1.29, 1.82) is 0 Å². The molecule has 0 fully saturated rings. The molecular weight excluding hydrogens is 442 g/mol. The number of esters is 1. The number of oxazole rings is 1. The average Bonchev–Trinajstić information content (AvgIpc) is 3.55. The molecule has 0 unspecified atom stereocenters. The van der Waals surface area contributed by atoms with Crippen LogP contribution in [0.3, 0.4) is 0 Å². The summed E-state index contributed by atoms with van der Waals surface area (Å²) in [5.74, 6) is 1.32. The molecule has 4 aromatic rings. The van der Waals surface area contributed by atoms with Gasteiger partial charge in [-0.25, -0.2) is 14.8 Å². The van der Waals surface area contributed by atoms with Crippen LogP contribution in [0.1, 0.15) is 53.1 Å². The summed E-state index contributed by atoms with van der Waals surface area (Å²) in [5.41, 5.74) is 3.07. The predicted octanol–water partition coefficient (Wildman–Crippen LogP) is 5.82. The molecule has 0 radical (unpaired) electrons. The molecule has 0 spiro atoms. The summed E-state index contributed by atoms with van der Waals surface area (Å²) in [6.45, 7) is 3.21. The molecule has 2 heterocycles. The second-order valence-electron chi connectivity index (χ2n) is 7.98. The van der Waals surface area contributed by atoms with E-state index in [1.165, 1.54) is 5.56 Å². The van der Waals surface area contributed by atoms with Crippen molar-refractivity contribution in [2.24, 2.45) is 0 Å². The summed E-state index contributed by atoms with van der Waals surface area (Å²) >= 11 is 0. The van der Waals surface area contributed by atoms with E-state index in [0.717, 1.165) is 42.8 Å². The molecule has 7 nitrogen and oxygen atoms in total. The lowest BCUT2D eigenvalue weighted by Crippen LogP contribution is -2.13. The van der Waals surface area contributed by atoms with Gasteiger partial charge in [-0.15, -0.1) is 0 Å². The van der Waals surface area contributed by atoms with Gasteiger partial charge in [-0.2, -0.15) is 0 Å². The van der Waals surface area contributed by atoms with Gasteiger partial charge in [-0.05, 0) is 55.5 Å². The molecule has 0 atom stereocenters. The van der Waals surface area contributed by atoms with Crippen molar-refractivity contribution in [3.63, 3.8) is 0 Å². The minimum Gasteiger partial charge on any atom is -0.487 e. The normalized spacial score (nSPS) is 11.1. The third kappa shape index (κ3) is 7.17. The maximum absolute atomic E-state index is 11.9. The molecule has 0 aliphatic heterocycles. The van der Waals surface area contributed by atoms with E-state index in [1.807, 2.05) is 65.4 Å². The molecule has 0 saturated carbocycles. The van der Waals surface area contributed by atoms with Gasteiger partial charge < -0.3 is 18.5 Å². The van der Waals surface area contributed by atoms with Gasteiger partial charge in [-0.3, -0.25) is 0 Å². The topological polar surface area (TPSA) is 79.4 Å². The predicted molar refractivity (Wildman–Crippen MR) is 134 cm³/mol. The Kier molecular flexibility index (Phi) is 8.48. The number of unbranched alkanes of at least 4 members (excludes halogenated alkanes) is 1. The summed E-state index contributed by atoms with van der Waals surface area (Å²) in [5, 5.41) is 0. The number of rotatable bonds is 12. The number of carbonyl (C=O) groups excluding carboxylic acids is 1. The Morgan fingerprint density at radius 1 is 1.06 bits per heavy atom. The van der Waals surface area contributed by atoms with E-state index < -0.39 is 0 Å². The van der Waals surface area contributed by atoms with E-state index in [4.69, 9.17) is 13.9 Å². The fourth-order valence-electron chi connectivity index (χ4n) is 3.59. The van der Waals surface area contributed by atoms with Gasteiger partial charge in [0, 0.05) is 25.0 Å². The number of hydrogen-bond acceptors (Lipinski definition) is 6. The Hall–Kier alpha value is -4.13. The maximum Gasteiger partial charge on any atom is 0.374 e. The highest BCUT2D eigenvalue weighted by Gasteiger charge is 2.13. The smallest absolute Gasteiger partial charge is 0.374 e. The number of aromatic nitrogens is 3. The number of aryl methyl sites for hydroxylation is 2. The standard InChI is InChI=1S/C28H29N3O4/c1-2-33-28(32)27-29-17-19-31(27)18-7-6-10-23-11-14-25(15-12-23)34-20-24-21-35-26(30-24)16-13-22-8-4-3-5-9-22/h3-5,8-9,11-17,19,21H,2,6-7,10,18,20H2,1H3. The lowest BCUT2D eigenvalue weighted by atomic mass is 10.1. The molecule has 0 bridgehead atoms. The molecule has 0 N–H and O–H groups in total. The fourth-order valence-corrected chi connectivity index (χ4v) is 3.59. The highest BCUT2D eigenvalue weighted by molar-refractivity contribution is 5.85. The number of imidazole rings is 1. The first-order valence-electron chi connectivity index (χ1n) is 11.8. The Morgan fingerprint density at radius 2 is 1.89 bits per heavy atom. The largest absolute Gasteiger partial charge is 0.487 e. The van der Waals surface area contributed by atoms with Crippen LogP contribution in [0.4, 0.5) is 0 Å². The van der Waals surface area contributed by atoms with Crippen molar-refractivity contribution in [2.45, 2.75) is 39.3 Å². The number of carbonyl (C=O) groups is 1. The van der Waals surface area contributed by atoms with E-state index in [-0.39, 0.29) is 5.97 Å². The minimum absolute atomic E-state index is 0.343. The molecule has 0 aliphatic carbocycles. The van der Waals surface area contributed by atoms with E-state index in [9.17, 15) is 4.79 Å². The van der Waals surface area contributed by atoms with Gasteiger partial charge in [0.15, 0.2) is 0 Å². The zero-order chi connectivity index (χ0) is 24.3. The Balaban J connectivity index is 1.19. The molecule has 2 aromatic heterocycles. The lowest BCUT2D eigenvalue weighted by Gasteiger charge is -2.08. The second-order valence-corrected chi connectivity index (χ2v) is 7.98. The van der Waals surface area contributed by atoms with Crippen molar-refractivity contribution < 1.29 is 18.7 Å². The maximum atomic E-state index is 11.9. The van der Waals surface area contributed by atoms with Gasteiger partial charge in [0.25, 0.3) is 0 Å². The van der Waals surface area contributed by atoms with E-state index >= 15 is 0 Å². The number of benzene rings is 2. The molecule has 35 heavy (non-hydrogen) atoms. The molecule has 0 aliphatic rings. The van der Waals surface area contributed by atoms with Crippen LogP contribution in [0.25, 0.3) is 12.2 Å². The van der Waals surface area contributed by atoms with Gasteiger partial charge >= 0.3 is 5.97 Å². The summed E-state index contributed by atoms with van der Waals surface area (Å²) in [6, 6.07) is 18.1. The molecule has 7 heteroatoms.